The van der Waals surface area contributed by atoms with Crippen molar-refractivity contribution >= 4 is 64.0 Å². The van der Waals surface area contributed by atoms with Crippen LogP contribution >= 0.6 is 7.82 Å². The second kappa shape index (κ2) is 17.3. The van der Waals surface area contributed by atoms with Gasteiger partial charge in [0, 0.05) is 17.4 Å². The monoisotopic (exact) mass is 900 g/mol. The Kier molecular flexibility index (Phi) is 12.0. The van der Waals surface area contributed by atoms with Gasteiger partial charge in [0.05, 0.1) is 57.1 Å². The van der Waals surface area contributed by atoms with Crippen molar-refractivity contribution in [3.63, 3.8) is 0 Å². The van der Waals surface area contributed by atoms with Gasteiger partial charge in [0.25, 0.3) is 11.5 Å². The summed E-state index contributed by atoms with van der Waals surface area (Å²) >= 11 is 0. The van der Waals surface area contributed by atoms with Crippen LogP contribution in [-0.2, 0) is 46.9 Å². The number of aromatic amines is 1. The van der Waals surface area contributed by atoms with Crippen molar-refractivity contribution in [3.05, 3.63) is 65.2 Å². The van der Waals surface area contributed by atoms with Crippen LogP contribution in [0.25, 0.3) is 22.3 Å². The molecule has 2 bridgehead atoms. The first-order chi connectivity index (χ1) is 29.6. The zero-order valence-electron chi connectivity index (χ0n) is 32.9. The van der Waals surface area contributed by atoms with Gasteiger partial charge in [-0.05, 0) is 12.1 Å². The van der Waals surface area contributed by atoms with Crippen molar-refractivity contribution in [2.24, 2.45) is 11.8 Å². The molecule has 0 aliphatic carbocycles. The Balaban J connectivity index is 1.10. The topological polar surface area (TPSA) is 308 Å². The second-order valence-electron chi connectivity index (χ2n) is 14.6. The number of alkyl halides is 1. The number of hydrogen-bond acceptors (Lipinski definition) is 18. The van der Waals surface area contributed by atoms with Crippen LogP contribution in [0.3, 0.4) is 0 Å². The molecule has 1 unspecified atom stereocenters. The van der Waals surface area contributed by atoms with Gasteiger partial charge in [0.15, 0.2) is 46.8 Å². The van der Waals surface area contributed by atoms with E-state index in [4.69, 9.17) is 27.2 Å². The molecule has 24 nitrogen and oxygen atoms in total. The predicted molar refractivity (Wildman–Crippen MR) is 210 cm³/mol. The van der Waals surface area contributed by atoms with Crippen LogP contribution in [0.2, 0.25) is 0 Å². The predicted octanol–water partition coefficient (Wildman–Crippen LogP) is 2.25. The second-order valence-corrected chi connectivity index (χ2v) is 17.6. The molecule has 27 heteroatoms. The van der Waals surface area contributed by atoms with Crippen LogP contribution < -0.4 is 20.9 Å². The van der Waals surface area contributed by atoms with Crippen LogP contribution in [0.1, 0.15) is 50.0 Å². The van der Waals surface area contributed by atoms with E-state index >= 15 is 4.39 Å². The molecule has 4 N–H and O–H groups in total. The molecule has 3 aliphatic heterocycles. The van der Waals surface area contributed by atoms with Crippen molar-refractivity contribution in [2.45, 2.75) is 70.2 Å². The van der Waals surface area contributed by atoms with E-state index in [0.29, 0.717) is 5.56 Å². The standard InChI is InChI=1S/C35H38FN12O12PS/c1-17(2)30(49)44-35-43-29-25(32(51)45-35)41-16-48(29)34-26-18(3)20(58-34)13-57-62(53,54)46-23-21(12-56-61(52,60-26)55-11-7-10-37)59-33(22(23)36)47-15-40-24-27(38-14-39-28(24)47)42-31(50)19-8-5-4-6-9-19/h4-6,8-9,14-18,20-23,26,33-34,46H,7,11-13H2,1-3H3,(H,38,39,42,50)(H2,43,44,45,49,51)/t18-,20-,21-,22-,23-,26-,33-,34-,61?/m1/s1. The Morgan fingerprint density at radius 3 is 2.50 bits per heavy atom. The fraction of sp³-hybridized carbons (Fsp3) is 0.457. The van der Waals surface area contributed by atoms with Gasteiger partial charge in [-0.15, -0.1) is 0 Å². The van der Waals surface area contributed by atoms with Crippen LogP contribution in [0, 0.1) is 23.2 Å². The number of rotatable bonds is 9. The molecular formula is C35H38FN12O12PS. The maximum absolute atomic E-state index is 16.7. The number of carbonyl (C=O) groups excluding carboxylic acids is 2. The number of aromatic nitrogens is 8. The number of imidazole rings is 2. The fourth-order valence-corrected chi connectivity index (χ4v) is 9.37. The molecule has 1 aromatic carbocycles. The molecule has 0 spiro atoms. The summed E-state index contributed by atoms with van der Waals surface area (Å²) in [6.45, 7) is 2.91. The molecule has 2 amide bonds. The number of carbonyl (C=O) groups is 2. The minimum atomic E-state index is -4.82. The normalized spacial score (nSPS) is 28.7. The fourth-order valence-electron chi connectivity index (χ4n) is 6.94. The lowest BCUT2D eigenvalue weighted by Crippen LogP contribution is -2.48. The number of amides is 2. The van der Waals surface area contributed by atoms with E-state index in [9.17, 15) is 32.6 Å². The highest BCUT2D eigenvalue weighted by molar-refractivity contribution is 7.84. The number of anilines is 2. The van der Waals surface area contributed by atoms with E-state index in [1.807, 2.05) is 6.07 Å². The number of nitrogens with zero attached hydrogens (tertiary/aromatic N) is 8. The number of phosphoric acid groups is 1. The molecule has 0 saturated carbocycles. The lowest BCUT2D eigenvalue weighted by Gasteiger charge is -2.28. The molecule has 7 heterocycles. The number of H-pyrrole nitrogens is 1. The average Bonchev–Trinajstić information content (AvgIpc) is 4.01. The Morgan fingerprint density at radius 2 is 1.76 bits per heavy atom. The van der Waals surface area contributed by atoms with Crippen LogP contribution in [0.15, 0.2) is 54.1 Å². The number of phosphoric ester groups is 1. The van der Waals surface area contributed by atoms with Gasteiger partial charge in [-0.3, -0.25) is 51.6 Å². The van der Waals surface area contributed by atoms with E-state index in [1.54, 1.807) is 51.1 Å². The first-order valence-corrected chi connectivity index (χ1v) is 21.9. The summed E-state index contributed by atoms with van der Waals surface area (Å²) in [6, 6.07) is 8.39. The number of ether oxygens (including phenoxy) is 2. The van der Waals surface area contributed by atoms with Crippen LogP contribution in [0.4, 0.5) is 16.2 Å². The van der Waals surface area contributed by atoms with Gasteiger partial charge in [-0.1, -0.05) is 39.0 Å². The molecular weight excluding hydrogens is 862 g/mol. The Morgan fingerprint density at radius 1 is 1.03 bits per heavy atom. The third-order valence-corrected chi connectivity index (χ3v) is 12.7. The minimum absolute atomic E-state index is 0.00223. The van der Waals surface area contributed by atoms with Crippen molar-refractivity contribution in [1.29, 1.82) is 5.26 Å². The Bertz CT molecular complexity index is 2770. The number of hydrogen-bond donors (Lipinski definition) is 4. The molecule has 0 radical (unpaired) electrons. The van der Waals surface area contributed by atoms with Crippen molar-refractivity contribution in [2.75, 3.05) is 30.5 Å². The van der Waals surface area contributed by atoms with Gasteiger partial charge in [0.2, 0.25) is 11.9 Å². The number of halogens is 1. The number of fused-ring (bicyclic) bond motifs is 5. The van der Waals surface area contributed by atoms with Gasteiger partial charge >= 0.3 is 18.1 Å². The third kappa shape index (κ3) is 8.58. The van der Waals surface area contributed by atoms with E-state index in [2.05, 4.69) is 45.3 Å². The van der Waals surface area contributed by atoms with E-state index in [0.717, 1.165) is 12.7 Å². The molecule has 328 valence electrons. The summed E-state index contributed by atoms with van der Waals surface area (Å²) in [7, 11) is -9.64. The average molecular weight is 901 g/mol. The smallest absolute Gasteiger partial charge is 0.349 e. The summed E-state index contributed by atoms with van der Waals surface area (Å²) in [5, 5.41) is 14.4. The minimum Gasteiger partial charge on any atom is -0.349 e. The number of benzene rings is 1. The molecule has 3 saturated heterocycles. The van der Waals surface area contributed by atoms with Gasteiger partial charge < -0.3 is 14.8 Å². The zero-order valence-corrected chi connectivity index (χ0v) is 34.6. The summed E-state index contributed by atoms with van der Waals surface area (Å²) in [5.74, 6) is -2.49. The summed E-state index contributed by atoms with van der Waals surface area (Å²) in [5.41, 5.74) is -0.591. The van der Waals surface area contributed by atoms with Gasteiger partial charge in [0.1, 0.15) is 18.5 Å². The zero-order chi connectivity index (χ0) is 43.9. The molecule has 62 heavy (non-hydrogen) atoms. The lowest BCUT2D eigenvalue weighted by molar-refractivity contribution is -0.118. The van der Waals surface area contributed by atoms with Crippen LogP contribution in [-0.4, -0.2) is 110 Å². The molecule has 3 fully saturated rings. The van der Waals surface area contributed by atoms with E-state index in [1.165, 1.54) is 15.5 Å². The van der Waals surface area contributed by atoms with Gasteiger partial charge in [-0.25, -0.2) is 28.9 Å². The number of nitriles is 1. The first-order valence-electron chi connectivity index (χ1n) is 19.0. The van der Waals surface area contributed by atoms with Crippen molar-refractivity contribution in [3.8, 4) is 6.07 Å². The van der Waals surface area contributed by atoms with Crippen molar-refractivity contribution in [1.82, 2.24) is 43.8 Å². The Hall–Kier alpha value is -5.62. The maximum atomic E-state index is 16.7. The van der Waals surface area contributed by atoms with Crippen LogP contribution in [0.5, 0.6) is 0 Å². The molecule has 5 aromatic rings. The maximum Gasteiger partial charge on any atom is 0.475 e. The summed E-state index contributed by atoms with van der Waals surface area (Å²) < 4.78 is 98.0. The highest BCUT2D eigenvalue weighted by Gasteiger charge is 2.53. The third-order valence-electron chi connectivity index (χ3n) is 10.2. The molecule has 9 atom stereocenters. The lowest BCUT2D eigenvalue weighted by atomic mass is 10.0. The summed E-state index contributed by atoms with van der Waals surface area (Å²) in [4.78, 5) is 61.9. The summed E-state index contributed by atoms with van der Waals surface area (Å²) in [6.07, 6.45) is -6.00. The number of nitrogens with one attached hydrogen (secondary N) is 4. The highest BCUT2D eigenvalue weighted by atomic mass is 32.2. The first kappa shape index (κ1) is 43.0. The molecule has 4 aromatic heterocycles. The van der Waals surface area contributed by atoms with Crippen molar-refractivity contribution < 1.29 is 54.2 Å². The van der Waals surface area contributed by atoms with Gasteiger partial charge in [-0.2, -0.15) is 23.4 Å². The van der Waals surface area contributed by atoms with E-state index < -0.39 is 110 Å². The molecule has 8 rings (SSSR count). The molecule has 3 aliphatic rings. The quantitative estimate of drug-likeness (QED) is 0.122. The van der Waals surface area contributed by atoms with E-state index in [-0.39, 0.29) is 40.5 Å². The SMILES string of the molecule is CC(C)C(=O)Nc1nc2c(ncn2[C@@H]2O[C@@H]3COS(=O)(=O)N[C@H]4[C@@H](F)[C@H](n5cnc6c(NC(=O)c7ccccc7)ncnc65)O[C@@H]4COP(=O)(OCCC#N)O[C@@H]2[C@@H]3C)c(=O)[nH]1. The largest absolute Gasteiger partial charge is 0.475 e. The highest BCUT2D eigenvalue weighted by Crippen LogP contribution is 2.55. The Labute approximate surface area is 350 Å².